The molecule has 0 fully saturated rings. The monoisotopic (exact) mass is 280 g/mol. The highest BCUT2D eigenvalue weighted by Gasteiger charge is 2.30. The zero-order chi connectivity index (χ0) is 14.0. The first-order valence-corrected chi connectivity index (χ1v) is 6.61. The Hall–Kier alpha value is -1.55. The van der Waals surface area contributed by atoms with Gasteiger partial charge in [0.25, 0.3) is 0 Å². The minimum atomic E-state index is -0.569. The van der Waals surface area contributed by atoms with E-state index in [0.29, 0.717) is 18.2 Å². The molecule has 1 N–H and O–H groups in total. The van der Waals surface area contributed by atoms with E-state index in [0.717, 1.165) is 16.7 Å². The maximum Gasteiger partial charge on any atom is 0.311 e. The van der Waals surface area contributed by atoms with Crippen molar-refractivity contribution in [3.8, 4) is 0 Å². The van der Waals surface area contributed by atoms with Gasteiger partial charge in [0.2, 0.25) is 0 Å². The van der Waals surface area contributed by atoms with Crippen molar-refractivity contribution in [2.45, 2.75) is 27.2 Å². The molecule has 102 valence electrons. The lowest BCUT2D eigenvalue weighted by Gasteiger charge is -2.21. The lowest BCUT2D eigenvalue weighted by Crippen LogP contribution is -2.29. The largest absolute Gasteiger partial charge is 0.466 e. The van der Waals surface area contributed by atoms with Crippen LogP contribution in [-0.2, 0) is 16.0 Å². The number of nitrogens with zero attached hydrogens (tertiary/aromatic N) is 1. The van der Waals surface area contributed by atoms with Gasteiger partial charge in [0, 0.05) is 12.1 Å². The second-order valence-electron chi connectivity index (χ2n) is 5.14. The maximum atomic E-state index is 11.9. The van der Waals surface area contributed by atoms with Crippen molar-refractivity contribution < 1.29 is 9.53 Å². The number of nitrogens with one attached hydrogen (secondary N) is 1. The molecule has 0 bridgehead atoms. The van der Waals surface area contributed by atoms with E-state index in [2.05, 4.69) is 9.97 Å². The molecular formula is C14H17ClN2O2. The molecule has 0 aliphatic carbocycles. The van der Waals surface area contributed by atoms with Crippen molar-refractivity contribution in [2.75, 3.05) is 6.61 Å². The lowest BCUT2D eigenvalue weighted by atomic mass is 9.88. The SMILES string of the molecule is CCOC(=O)C(C)(C)Cc1cc2nc(Cl)ccc2[nH]1. The van der Waals surface area contributed by atoms with Crippen molar-refractivity contribution in [3.05, 3.63) is 29.0 Å². The predicted octanol–water partition coefficient (Wildman–Crippen LogP) is 3.35. The molecule has 2 aromatic rings. The highest BCUT2D eigenvalue weighted by atomic mass is 35.5. The first kappa shape index (κ1) is 13.9. The molecule has 4 nitrogen and oxygen atoms in total. The molecule has 0 saturated heterocycles. The zero-order valence-corrected chi connectivity index (χ0v) is 12.0. The van der Waals surface area contributed by atoms with Crippen molar-refractivity contribution >= 4 is 28.6 Å². The van der Waals surface area contributed by atoms with Crippen LogP contribution in [0.4, 0.5) is 0 Å². The number of carbonyl (C=O) groups is 1. The highest BCUT2D eigenvalue weighted by Crippen LogP contribution is 2.25. The normalized spacial score (nSPS) is 11.8. The molecule has 0 spiro atoms. The van der Waals surface area contributed by atoms with Gasteiger partial charge in [-0.2, -0.15) is 0 Å². The Kier molecular flexibility index (Phi) is 3.80. The molecule has 0 atom stereocenters. The number of hydrogen-bond acceptors (Lipinski definition) is 3. The summed E-state index contributed by atoms with van der Waals surface area (Å²) < 4.78 is 5.08. The number of fused-ring (bicyclic) bond motifs is 1. The molecule has 0 aliphatic rings. The third-order valence-corrected chi connectivity index (χ3v) is 3.17. The molecule has 0 aromatic carbocycles. The van der Waals surface area contributed by atoms with Crippen molar-refractivity contribution in [3.63, 3.8) is 0 Å². The van der Waals surface area contributed by atoms with E-state index in [-0.39, 0.29) is 5.97 Å². The van der Waals surface area contributed by atoms with E-state index in [1.165, 1.54) is 0 Å². The van der Waals surface area contributed by atoms with Crippen molar-refractivity contribution in [1.29, 1.82) is 0 Å². The number of esters is 1. The summed E-state index contributed by atoms with van der Waals surface area (Å²) in [7, 11) is 0. The van der Waals surface area contributed by atoms with Crippen LogP contribution < -0.4 is 0 Å². The highest BCUT2D eigenvalue weighted by molar-refractivity contribution is 6.29. The minimum absolute atomic E-state index is 0.195. The first-order valence-electron chi connectivity index (χ1n) is 6.24. The molecule has 2 rings (SSSR count). The Labute approximate surface area is 117 Å². The van der Waals surface area contributed by atoms with Crippen LogP contribution in [-0.4, -0.2) is 22.5 Å². The number of aromatic amines is 1. The summed E-state index contributed by atoms with van der Waals surface area (Å²) in [6.07, 6.45) is 0.569. The average molecular weight is 281 g/mol. The van der Waals surface area contributed by atoms with Crippen LogP contribution in [0.5, 0.6) is 0 Å². The Morgan fingerprint density at radius 2 is 2.21 bits per heavy atom. The fourth-order valence-corrected chi connectivity index (χ4v) is 2.16. The first-order chi connectivity index (χ1) is 8.92. The molecule has 0 saturated carbocycles. The van der Waals surface area contributed by atoms with Crippen LogP contribution in [0.1, 0.15) is 26.5 Å². The lowest BCUT2D eigenvalue weighted by molar-refractivity contribution is -0.153. The van der Waals surface area contributed by atoms with E-state index in [4.69, 9.17) is 16.3 Å². The van der Waals surface area contributed by atoms with Gasteiger partial charge in [-0.15, -0.1) is 0 Å². The minimum Gasteiger partial charge on any atom is -0.466 e. The number of hydrogen-bond donors (Lipinski definition) is 1. The van der Waals surface area contributed by atoms with Crippen LogP contribution >= 0.6 is 11.6 Å². The smallest absolute Gasteiger partial charge is 0.311 e. The summed E-state index contributed by atoms with van der Waals surface area (Å²) in [5.41, 5.74) is 2.10. The molecule has 5 heteroatoms. The quantitative estimate of drug-likeness (QED) is 0.690. The van der Waals surface area contributed by atoms with Gasteiger partial charge in [0.1, 0.15) is 5.15 Å². The molecule has 0 aliphatic heterocycles. The topological polar surface area (TPSA) is 55.0 Å². The maximum absolute atomic E-state index is 11.9. The Bertz CT molecular complexity index is 605. The molecule has 0 radical (unpaired) electrons. The van der Waals surface area contributed by atoms with E-state index in [1.807, 2.05) is 32.9 Å². The summed E-state index contributed by atoms with van der Waals surface area (Å²) in [6, 6.07) is 5.54. The number of ether oxygens (including phenoxy) is 1. The second kappa shape index (κ2) is 5.21. The average Bonchev–Trinajstić information content (AvgIpc) is 2.69. The van der Waals surface area contributed by atoms with Gasteiger partial charge in [0.15, 0.2) is 0 Å². The van der Waals surface area contributed by atoms with Gasteiger partial charge in [0.05, 0.1) is 23.1 Å². The number of rotatable bonds is 4. The van der Waals surface area contributed by atoms with Crippen LogP contribution in [0, 0.1) is 5.41 Å². The molecule has 0 amide bonds. The van der Waals surface area contributed by atoms with E-state index in [1.54, 1.807) is 6.07 Å². The fraction of sp³-hybridized carbons (Fsp3) is 0.429. The van der Waals surface area contributed by atoms with Gasteiger partial charge < -0.3 is 9.72 Å². The number of carbonyl (C=O) groups excluding carboxylic acids is 1. The van der Waals surface area contributed by atoms with Gasteiger partial charge in [-0.25, -0.2) is 4.98 Å². The second-order valence-corrected chi connectivity index (χ2v) is 5.53. The zero-order valence-electron chi connectivity index (χ0n) is 11.3. The van der Waals surface area contributed by atoms with Gasteiger partial charge >= 0.3 is 5.97 Å². The third kappa shape index (κ3) is 3.07. The van der Waals surface area contributed by atoms with E-state index >= 15 is 0 Å². The number of halogens is 1. The Balaban J connectivity index is 2.23. The summed E-state index contributed by atoms with van der Waals surface area (Å²) in [5.74, 6) is -0.195. The van der Waals surface area contributed by atoms with Gasteiger partial charge in [-0.3, -0.25) is 4.79 Å². The van der Waals surface area contributed by atoms with E-state index in [9.17, 15) is 4.79 Å². The Morgan fingerprint density at radius 1 is 1.47 bits per heavy atom. The van der Waals surface area contributed by atoms with Gasteiger partial charge in [-0.1, -0.05) is 11.6 Å². The summed E-state index contributed by atoms with van der Waals surface area (Å²) in [5, 5.41) is 0.461. The van der Waals surface area contributed by atoms with Crippen molar-refractivity contribution in [1.82, 2.24) is 9.97 Å². The molecule has 2 heterocycles. The fourth-order valence-electron chi connectivity index (χ4n) is 2.01. The molecule has 19 heavy (non-hydrogen) atoms. The van der Waals surface area contributed by atoms with Crippen LogP contribution in [0.3, 0.4) is 0 Å². The molecular weight excluding hydrogens is 264 g/mol. The predicted molar refractivity (Wildman–Crippen MR) is 75.2 cm³/mol. The van der Waals surface area contributed by atoms with Gasteiger partial charge in [-0.05, 0) is 39.0 Å². The van der Waals surface area contributed by atoms with Crippen LogP contribution in [0.15, 0.2) is 18.2 Å². The van der Waals surface area contributed by atoms with Crippen molar-refractivity contribution in [2.24, 2.45) is 5.41 Å². The summed E-state index contributed by atoms with van der Waals surface area (Å²) >= 11 is 5.85. The van der Waals surface area contributed by atoms with E-state index < -0.39 is 5.41 Å². The Morgan fingerprint density at radius 3 is 2.89 bits per heavy atom. The molecule has 0 unspecified atom stereocenters. The third-order valence-electron chi connectivity index (χ3n) is 2.96. The summed E-state index contributed by atoms with van der Waals surface area (Å²) in [6.45, 7) is 5.95. The van der Waals surface area contributed by atoms with Crippen LogP contribution in [0.25, 0.3) is 11.0 Å². The standard InChI is InChI=1S/C14H17ClN2O2/c1-4-19-13(18)14(2,3)8-9-7-11-10(16-9)5-6-12(15)17-11/h5-7,16H,4,8H2,1-3H3. The summed E-state index contributed by atoms with van der Waals surface area (Å²) in [4.78, 5) is 19.3. The number of H-pyrrole nitrogens is 1. The molecule has 2 aromatic heterocycles. The number of aromatic nitrogens is 2. The van der Waals surface area contributed by atoms with Crippen LogP contribution in [0.2, 0.25) is 5.15 Å². The number of pyridine rings is 1.